The number of piperazine rings is 1. The van der Waals surface area contributed by atoms with Gasteiger partial charge in [0.15, 0.2) is 0 Å². The highest BCUT2D eigenvalue weighted by Crippen LogP contribution is 2.29. The quantitative estimate of drug-likeness (QED) is 0.848. The molecule has 2 aliphatic rings. The predicted octanol–water partition coefficient (Wildman–Crippen LogP) is 2.92. The van der Waals surface area contributed by atoms with E-state index in [2.05, 4.69) is 15.2 Å². The summed E-state index contributed by atoms with van der Waals surface area (Å²) in [6.07, 6.45) is 2.76. The molecule has 27 heavy (non-hydrogen) atoms. The molecule has 1 saturated heterocycles. The van der Waals surface area contributed by atoms with Crippen molar-refractivity contribution in [1.29, 1.82) is 0 Å². The first-order valence-corrected chi connectivity index (χ1v) is 9.69. The molecule has 8 heteroatoms. The van der Waals surface area contributed by atoms with Crippen LogP contribution in [-0.4, -0.2) is 55.1 Å². The van der Waals surface area contributed by atoms with Crippen LogP contribution in [0.15, 0.2) is 18.3 Å². The van der Waals surface area contributed by atoms with Gasteiger partial charge in [0.25, 0.3) is 0 Å². The first kappa shape index (κ1) is 19.9. The number of pyridine rings is 1. The van der Waals surface area contributed by atoms with Gasteiger partial charge in [0, 0.05) is 38.9 Å². The third kappa shape index (κ3) is 5.82. The van der Waals surface area contributed by atoms with Crippen LogP contribution in [0.25, 0.3) is 0 Å². The fraction of sp³-hybridized carbons (Fsp3) is 0.684. The Balaban J connectivity index is 1.40. The smallest absolute Gasteiger partial charge is 0.355 e. The molecule has 0 aromatic carbocycles. The highest BCUT2D eigenvalue weighted by atomic mass is 19.4. The molecule has 1 amide bonds. The minimum absolute atomic E-state index is 0.0571. The molecule has 1 saturated carbocycles. The van der Waals surface area contributed by atoms with Crippen LogP contribution < -0.4 is 10.2 Å². The molecule has 1 aromatic rings. The Kier molecular flexibility index (Phi) is 6.57. The van der Waals surface area contributed by atoms with Gasteiger partial charge >= 0.3 is 6.18 Å². The number of rotatable bonds is 5. The van der Waals surface area contributed by atoms with E-state index in [1.165, 1.54) is 38.2 Å². The van der Waals surface area contributed by atoms with E-state index in [-0.39, 0.29) is 5.91 Å². The maximum Gasteiger partial charge on any atom is 0.417 e. The van der Waals surface area contributed by atoms with Crippen LogP contribution in [-0.2, 0) is 11.0 Å². The van der Waals surface area contributed by atoms with Gasteiger partial charge in [-0.1, -0.05) is 19.3 Å². The lowest BCUT2D eigenvalue weighted by atomic mass is 9.89. The zero-order chi connectivity index (χ0) is 19.3. The van der Waals surface area contributed by atoms with E-state index in [0.29, 0.717) is 44.5 Å². The molecule has 150 valence electrons. The number of carbonyl (C=O) groups is 1. The molecule has 2 fully saturated rings. The Bertz CT molecular complexity index is 606. The van der Waals surface area contributed by atoms with Crippen LogP contribution in [0.2, 0.25) is 0 Å². The largest absolute Gasteiger partial charge is 0.417 e. The van der Waals surface area contributed by atoms with Crippen molar-refractivity contribution in [2.75, 3.05) is 44.2 Å². The van der Waals surface area contributed by atoms with Crippen LogP contribution in [0.5, 0.6) is 0 Å². The third-order valence-electron chi connectivity index (χ3n) is 5.45. The second-order valence-electron chi connectivity index (χ2n) is 7.47. The van der Waals surface area contributed by atoms with Crippen molar-refractivity contribution in [3.63, 3.8) is 0 Å². The lowest BCUT2D eigenvalue weighted by Gasteiger charge is -2.35. The molecule has 0 bridgehead atoms. The van der Waals surface area contributed by atoms with Crippen molar-refractivity contribution in [2.45, 2.75) is 38.3 Å². The fourth-order valence-electron chi connectivity index (χ4n) is 3.78. The van der Waals surface area contributed by atoms with Crippen LogP contribution >= 0.6 is 0 Å². The lowest BCUT2D eigenvalue weighted by molar-refractivity contribution is -0.137. The monoisotopic (exact) mass is 384 g/mol. The Morgan fingerprint density at radius 2 is 1.81 bits per heavy atom. The van der Waals surface area contributed by atoms with Crippen molar-refractivity contribution >= 4 is 11.7 Å². The summed E-state index contributed by atoms with van der Waals surface area (Å²) in [4.78, 5) is 20.1. The molecule has 0 unspecified atom stereocenters. The summed E-state index contributed by atoms with van der Waals surface area (Å²) in [7, 11) is 0. The summed E-state index contributed by atoms with van der Waals surface area (Å²) in [5.41, 5.74) is -0.737. The molecule has 0 radical (unpaired) electrons. The Morgan fingerprint density at radius 3 is 2.41 bits per heavy atom. The number of carbonyl (C=O) groups excluding carboxylic acids is 1. The number of aromatic nitrogens is 1. The first-order chi connectivity index (χ1) is 12.9. The maximum absolute atomic E-state index is 12.6. The lowest BCUT2D eigenvalue weighted by Crippen LogP contribution is -2.50. The van der Waals surface area contributed by atoms with Crippen LogP contribution in [0.3, 0.4) is 0 Å². The second kappa shape index (κ2) is 8.91. The summed E-state index contributed by atoms with van der Waals surface area (Å²) in [6.45, 7) is 3.83. The second-order valence-corrected chi connectivity index (χ2v) is 7.47. The van der Waals surface area contributed by atoms with E-state index in [9.17, 15) is 18.0 Å². The van der Waals surface area contributed by atoms with Gasteiger partial charge in [-0.2, -0.15) is 13.2 Å². The summed E-state index contributed by atoms with van der Waals surface area (Å²) in [6, 6.07) is 2.47. The van der Waals surface area contributed by atoms with Crippen molar-refractivity contribution in [3.8, 4) is 0 Å². The van der Waals surface area contributed by atoms with Gasteiger partial charge < -0.3 is 10.2 Å². The number of hydrogen-bond donors (Lipinski definition) is 1. The zero-order valence-corrected chi connectivity index (χ0v) is 15.5. The molecular formula is C19H27F3N4O. The molecule has 0 atom stereocenters. The van der Waals surface area contributed by atoms with Crippen molar-refractivity contribution in [2.24, 2.45) is 5.92 Å². The van der Waals surface area contributed by atoms with E-state index < -0.39 is 11.7 Å². The van der Waals surface area contributed by atoms with Crippen molar-refractivity contribution in [1.82, 2.24) is 15.2 Å². The van der Waals surface area contributed by atoms with Crippen LogP contribution in [0.4, 0.5) is 19.0 Å². The molecule has 2 heterocycles. The number of hydrogen-bond acceptors (Lipinski definition) is 4. The number of anilines is 1. The van der Waals surface area contributed by atoms with Gasteiger partial charge in [-0.3, -0.25) is 9.69 Å². The Labute approximate surface area is 157 Å². The SMILES string of the molecule is O=C(CN1CCN(c2ccc(C(F)(F)F)cn2)CC1)NCC1CCCCC1. The van der Waals surface area contributed by atoms with Crippen molar-refractivity contribution in [3.05, 3.63) is 23.9 Å². The maximum atomic E-state index is 12.6. The van der Waals surface area contributed by atoms with E-state index in [1.807, 2.05) is 4.90 Å². The number of alkyl halides is 3. The number of nitrogens with one attached hydrogen (secondary N) is 1. The van der Waals surface area contributed by atoms with Gasteiger partial charge in [-0.15, -0.1) is 0 Å². The van der Waals surface area contributed by atoms with Gasteiger partial charge in [0.2, 0.25) is 5.91 Å². The third-order valence-corrected chi connectivity index (χ3v) is 5.45. The van der Waals surface area contributed by atoms with Gasteiger partial charge in [-0.05, 0) is 30.9 Å². The summed E-state index contributed by atoms with van der Waals surface area (Å²) < 4.78 is 37.9. The topological polar surface area (TPSA) is 48.5 Å². The molecule has 0 spiro atoms. The Morgan fingerprint density at radius 1 is 1.11 bits per heavy atom. The summed E-state index contributed by atoms with van der Waals surface area (Å²) >= 11 is 0. The van der Waals surface area contributed by atoms with Crippen LogP contribution in [0.1, 0.15) is 37.7 Å². The Hall–Kier alpha value is -1.83. The van der Waals surface area contributed by atoms with E-state index in [0.717, 1.165) is 18.8 Å². The summed E-state index contributed by atoms with van der Waals surface area (Å²) in [5.74, 6) is 1.22. The van der Waals surface area contributed by atoms with Gasteiger partial charge in [0.05, 0.1) is 12.1 Å². The highest BCUT2D eigenvalue weighted by molar-refractivity contribution is 5.78. The standard InChI is InChI=1S/C19H27F3N4O/c20-19(21,22)16-6-7-17(23-13-16)26-10-8-25(9-11-26)14-18(27)24-12-15-4-2-1-3-5-15/h6-7,13,15H,1-5,8-12,14H2,(H,24,27). The minimum Gasteiger partial charge on any atom is -0.355 e. The number of nitrogens with zero attached hydrogens (tertiary/aromatic N) is 3. The number of amides is 1. The molecule has 1 aliphatic carbocycles. The van der Waals surface area contributed by atoms with E-state index in [4.69, 9.17) is 0 Å². The molecule has 1 N–H and O–H groups in total. The summed E-state index contributed by atoms with van der Waals surface area (Å²) in [5, 5.41) is 3.05. The van der Waals surface area contributed by atoms with Gasteiger partial charge in [-0.25, -0.2) is 4.98 Å². The first-order valence-electron chi connectivity index (χ1n) is 9.69. The van der Waals surface area contributed by atoms with E-state index in [1.54, 1.807) is 0 Å². The molecular weight excluding hydrogens is 357 g/mol. The predicted molar refractivity (Wildman–Crippen MR) is 97.5 cm³/mol. The molecule has 1 aliphatic heterocycles. The van der Waals surface area contributed by atoms with E-state index >= 15 is 0 Å². The van der Waals surface area contributed by atoms with Crippen molar-refractivity contribution < 1.29 is 18.0 Å². The zero-order valence-electron chi connectivity index (χ0n) is 15.5. The minimum atomic E-state index is -4.37. The fourth-order valence-corrected chi connectivity index (χ4v) is 3.78. The average molecular weight is 384 g/mol. The molecule has 3 rings (SSSR count). The molecule has 1 aromatic heterocycles. The van der Waals surface area contributed by atoms with Crippen LogP contribution in [0, 0.1) is 5.92 Å². The number of halogens is 3. The highest BCUT2D eigenvalue weighted by Gasteiger charge is 2.31. The average Bonchev–Trinajstić information content (AvgIpc) is 2.67. The molecule has 5 nitrogen and oxygen atoms in total. The van der Waals surface area contributed by atoms with Gasteiger partial charge in [0.1, 0.15) is 5.82 Å². The normalized spacial score (nSPS) is 19.9.